The molecule has 1 N–H and O–H groups in total. The average Bonchev–Trinajstić information content (AvgIpc) is 3.31. The van der Waals surface area contributed by atoms with Gasteiger partial charge in [-0.15, -0.1) is 0 Å². The molecule has 1 saturated carbocycles. The van der Waals surface area contributed by atoms with E-state index in [1.165, 1.54) is 27.9 Å². The van der Waals surface area contributed by atoms with E-state index >= 15 is 0 Å². The van der Waals surface area contributed by atoms with Crippen molar-refractivity contribution in [2.75, 3.05) is 0 Å². The minimum Gasteiger partial charge on any atom is -0.388 e. The number of aromatic nitrogens is 1. The molecule has 178 valence electrons. The Morgan fingerprint density at radius 2 is 1.79 bits per heavy atom. The van der Waals surface area contributed by atoms with Gasteiger partial charge in [0.25, 0.3) is 0 Å². The fourth-order valence-corrected chi connectivity index (χ4v) is 6.69. The van der Waals surface area contributed by atoms with Gasteiger partial charge >= 0.3 is 0 Å². The van der Waals surface area contributed by atoms with Gasteiger partial charge in [0.2, 0.25) is 0 Å². The van der Waals surface area contributed by atoms with E-state index in [0.717, 1.165) is 43.4 Å². The molecule has 1 spiro atoms. The number of nitrogens with zero attached hydrogens (tertiary/aromatic N) is 1. The predicted octanol–water partition coefficient (Wildman–Crippen LogP) is 7.20. The molecule has 2 aromatic rings. The van der Waals surface area contributed by atoms with Crippen LogP contribution in [0.25, 0.3) is 0 Å². The van der Waals surface area contributed by atoms with E-state index in [9.17, 15) is 5.11 Å². The van der Waals surface area contributed by atoms with E-state index in [1.807, 2.05) is 0 Å². The number of pyridine rings is 1. The number of hydrogen-bond acceptors (Lipinski definition) is 3. The minimum atomic E-state index is -0.449. The molecule has 0 amide bonds. The van der Waals surface area contributed by atoms with E-state index in [-0.39, 0.29) is 16.4 Å². The lowest BCUT2D eigenvalue weighted by atomic mass is 9.70. The van der Waals surface area contributed by atoms with Crippen LogP contribution in [0.1, 0.15) is 131 Å². The molecule has 3 atom stereocenters. The van der Waals surface area contributed by atoms with Gasteiger partial charge in [-0.2, -0.15) is 0 Å². The molecule has 2 aliphatic carbocycles. The van der Waals surface area contributed by atoms with Crippen molar-refractivity contribution in [3.8, 4) is 0 Å². The molecule has 1 unspecified atom stereocenters. The van der Waals surface area contributed by atoms with E-state index < -0.39 is 6.10 Å². The van der Waals surface area contributed by atoms with Crippen LogP contribution >= 0.6 is 0 Å². The fourth-order valence-electron chi connectivity index (χ4n) is 6.69. The molecular weight excluding hydrogens is 406 g/mol. The molecule has 0 bridgehead atoms. The highest BCUT2D eigenvalue weighted by atomic mass is 16.5. The van der Waals surface area contributed by atoms with Crippen molar-refractivity contribution >= 4 is 0 Å². The first-order valence-corrected chi connectivity index (χ1v) is 12.9. The van der Waals surface area contributed by atoms with Gasteiger partial charge < -0.3 is 9.84 Å². The zero-order chi connectivity index (χ0) is 23.8. The van der Waals surface area contributed by atoms with Gasteiger partial charge in [-0.1, -0.05) is 72.7 Å². The lowest BCUT2D eigenvalue weighted by Gasteiger charge is -2.38. The summed E-state index contributed by atoms with van der Waals surface area (Å²) in [6, 6.07) is 9.27. The molecule has 0 saturated heterocycles. The van der Waals surface area contributed by atoms with Crippen LogP contribution in [0.3, 0.4) is 0 Å². The molecule has 5 rings (SSSR count). The Hall–Kier alpha value is -1.71. The lowest BCUT2D eigenvalue weighted by molar-refractivity contribution is -0.0358. The first kappa shape index (κ1) is 23.1. The van der Waals surface area contributed by atoms with Crippen molar-refractivity contribution in [3.05, 3.63) is 63.5 Å². The summed E-state index contributed by atoms with van der Waals surface area (Å²) < 4.78 is 6.71. The first-order valence-electron chi connectivity index (χ1n) is 12.9. The van der Waals surface area contributed by atoms with E-state index in [1.54, 1.807) is 0 Å². The summed E-state index contributed by atoms with van der Waals surface area (Å²) in [4.78, 5) is 5.15. The Balaban J connectivity index is 1.55. The summed E-state index contributed by atoms with van der Waals surface area (Å²) in [5.74, 6) is 0.848. The van der Waals surface area contributed by atoms with Crippen molar-refractivity contribution in [3.63, 3.8) is 0 Å². The maximum Gasteiger partial charge on any atom is 0.0950 e. The number of aliphatic hydroxyl groups excluding tert-OH is 1. The molecule has 33 heavy (non-hydrogen) atoms. The number of aliphatic hydroxyl groups is 1. The molecule has 0 radical (unpaired) electrons. The smallest absolute Gasteiger partial charge is 0.0950 e. The van der Waals surface area contributed by atoms with Gasteiger partial charge in [-0.25, -0.2) is 0 Å². The highest BCUT2D eigenvalue weighted by Crippen LogP contribution is 2.57. The van der Waals surface area contributed by atoms with Crippen molar-refractivity contribution in [2.45, 2.75) is 116 Å². The third-order valence-corrected chi connectivity index (χ3v) is 8.39. The van der Waals surface area contributed by atoms with E-state index in [2.05, 4.69) is 72.7 Å². The van der Waals surface area contributed by atoms with Crippen LogP contribution in [0.15, 0.2) is 24.3 Å². The Morgan fingerprint density at radius 3 is 2.42 bits per heavy atom. The highest BCUT2D eigenvalue weighted by molar-refractivity contribution is 5.51. The number of benzene rings is 1. The van der Waals surface area contributed by atoms with E-state index in [4.69, 9.17) is 9.72 Å². The zero-order valence-corrected chi connectivity index (χ0v) is 21.6. The van der Waals surface area contributed by atoms with Crippen molar-refractivity contribution < 1.29 is 9.84 Å². The minimum absolute atomic E-state index is 0.0710. The van der Waals surface area contributed by atoms with Crippen LogP contribution in [0, 0.1) is 5.41 Å². The largest absolute Gasteiger partial charge is 0.388 e. The third-order valence-electron chi connectivity index (χ3n) is 8.39. The molecule has 1 aromatic carbocycles. The summed E-state index contributed by atoms with van der Waals surface area (Å²) in [6.07, 6.45) is 4.43. The van der Waals surface area contributed by atoms with Gasteiger partial charge in [0.05, 0.1) is 18.3 Å². The van der Waals surface area contributed by atoms with Crippen LogP contribution in [0.2, 0.25) is 0 Å². The number of hydrogen-bond donors (Lipinski definition) is 1. The van der Waals surface area contributed by atoms with E-state index in [0.29, 0.717) is 18.4 Å². The molecule has 1 aromatic heterocycles. The number of rotatable bonds is 2. The van der Waals surface area contributed by atoms with Crippen LogP contribution in [0.5, 0.6) is 0 Å². The van der Waals surface area contributed by atoms with Crippen LogP contribution in [-0.2, 0) is 28.8 Å². The highest BCUT2D eigenvalue weighted by Gasteiger charge is 2.51. The molecule has 1 aliphatic heterocycles. The molecule has 3 aliphatic rings. The topological polar surface area (TPSA) is 42.4 Å². The maximum absolute atomic E-state index is 11.3. The molecule has 3 nitrogen and oxygen atoms in total. The average molecular weight is 448 g/mol. The first-order chi connectivity index (χ1) is 15.4. The fraction of sp³-hybridized carbons (Fsp3) is 0.633. The van der Waals surface area contributed by atoms with Crippen LogP contribution in [-0.4, -0.2) is 10.1 Å². The van der Waals surface area contributed by atoms with Gasteiger partial charge in [0, 0.05) is 22.5 Å². The van der Waals surface area contributed by atoms with Gasteiger partial charge in [-0.3, -0.25) is 4.98 Å². The summed E-state index contributed by atoms with van der Waals surface area (Å²) >= 11 is 0. The van der Waals surface area contributed by atoms with Crippen molar-refractivity contribution in [1.82, 2.24) is 4.98 Å². The van der Waals surface area contributed by atoms with Crippen LogP contribution < -0.4 is 0 Å². The molecule has 1 fully saturated rings. The summed E-state index contributed by atoms with van der Waals surface area (Å²) in [6.45, 7) is 16.4. The second-order valence-corrected chi connectivity index (χ2v) is 13.0. The second-order valence-electron chi connectivity index (χ2n) is 13.0. The lowest BCUT2D eigenvalue weighted by Crippen LogP contribution is -2.32. The predicted molar refractivity (Wildman–Crippen MR) is 134 cm³/mol. The quantitative estimate of drug-likeness (QED) is 0.529. The second kappa shape index (κ2) is 7.65. The maximum atomic E-state index is 11.3. The molecule has 3 heteroatoms. The number of fused-ring (bicyclic) bond motifs is 4. The third kappa shape index (κ3) is 3.86. The van der Waals surface area contributed by atoms with Crippen molar-refractivity contribution in [1.29, 1.82) is 0 Å². The van der Waals surface area contributed by atoms with Gasteiger partial charge in [-0.05, 0) is 71.5 Å². The van der Waals surface area contributed by atoms with Crippen molar-refractivity contribution in [2.24, 2.45) is 5.41 Å². The Kier molecular flexibility index (Phi) is 5.34. The van der Waals surface area contributed by atoms with Gasteiger partial charge in [0.15, 0.2) is 0 Å². The Bertz CT molecular complexity index is 1060. The summed E-state index contributed by atoms with van der Waals surface area (Å²) in [5, 5.41) is 11.3. The van der Waals surface area contributed by atoms with Crippen LogP contribution in [0.4, 0.5) is 0 Å². The summed E-state index contributed by atoms with van der Waals surface area (Å²) in [5.41, 5.74) is 8.76. The summed E-state index contributed by atoms with van der Waals surface area (Å²) in [7, 11) is 0. The normalized spacial score (nSPS) is 28.4. The monoisotopic (exact) mass is 447 g/mol. The Morgan fingerprint density at radius 1 is 1.09 bits per heavy atom. The van der Waals surface area contributed by atoms with Gasteiger partial charge in [0.1, 0.15) is 0 Å². The zero-order valence-electron chi connectivity index (χ0n) is 21.6. The molecule has 2 heterocycles. The SMILES string of the molecule is CC(C)c1nc2c(c3c1COC31CC[C@@H](c3ccc(C(C)(C)C)cc3)C1)[C@@H](O)CC(C)(C)C2. The standard InChI is InChI=1S/C30H41NO2/c1-18(2)27-22-17-33-30(26(22)25-23(31-27)15-29(6,7)16-24(25)32)13-12-20(14-30)19-8-10-21(11-9-19)28(3,4)5/h8-11,18,20,24,32H,12-17H2,1-7H3/t20-,24+,30?/m1/s1. The Labute approximate surface area is 200 Å². The number of ether oxygens (including phenoxy) is 1. The molecular formula is C30H41NO2.